The first-order valence-electron chi connectivity index (χ1n) is 12.8. The van der Waals surface area contributed by atoms with E-state index in [1.807, 2.05) is 24.3 Å². The highest BCUT2D eigenvalue weighted by molar-refractivity contribution is 6.11. The van der Waals surface area contributed by atoms with Crippen molar-refractivity contribution >= 4 is 17.6 Å². The van der Waals surface area contributed by atoms with Gasteiger partial charge in [0.2, 0.25) is 0 Å². The van der Waals surface area contributed by atoms with E-state index < -0.39 is 17.9 Å². The fourth-order valence-electron chi connectivity index (χ4n) is 6.01. The smallest absolute Gasteiger partial charge is 0.313 e. The van der Waals surface area contributed by atoms with E-state index in [0.717, 1.165) is 0 Å². The second kappa shape index (κ2) is 9.34. The summed E-state index contributed by atoms with van der Waals surface area (Å²) in [6.45, 7) is 0.899. The maximum absolute atomic E-state index is 13.9. The first kappa shape index (κ1) is 22.7. The fourth-order valence-corrected chi connectivity index (χ4v) is 6.01. The molecule has 1 aliphatic carbocycles. The van der Waals surface area contributed by atoms with Crippen molar-refractivity contribution < 1.29 is 24.2 Å². The minimum atomic E-state index is -0.973. The molecule has 36 heavy (non-hydrogen) atoms. The lowest BCUT2D eigenvalue weighted by molar-refractivity contribution is -0.139. The summed E-state index contributed by atoms with van der Waals surface area (Å²) in [6, 6.07) is 19.9. The molecule has 0 unspecified atom stereocenters. The molecule has 1 N–H and O–H groups in total. The Morgan fingerprint density at radius 1 is 0.833 bits per heavy atom. The highest BCUT2D eigenvalue weighted by atomic mass is 16.6. The van der Waals surface area contributed by atoms with Gasteiger partial charge < -0.3 is 14.6 Å². The van der Waals surface area contributed by atoms with Crippen molar-refractivity contribution in [3.8, 4) is 11.5 Å². The van der Waals surface area contributed by atoms with Gasteiger partial charge >= 0.3 is 5.97 Å². The van der Waals surface area contributed by atoms with E-state index >= 15 is 0 Å². The lowest BCUT2D eigenvalue weighted by Crippen LogP contribution is -2.45. The van der Waals surface area contributed by atoms with Crippen LogP contribution in [0.4, 0.5) is 5.69 Å². The molecule has 6 rings (SSSR count). The number of nitrogens with zero attached hydrogens (tertiary/aromatic N) is 1. The lowest BCUT2D eigenvalue weighted by Gasteiger charge is -2.41. The largest absolute Gasteiger partial charge is 0.486 e. The van der Waals surface area contributed by atoms with Crippen molar-refractivity contribution in [1.82, 2.24) is 0 Å². The van der Waals surface area contributed by atoms with Gasteiger partial charge in [-0.15, -0.1) is 0 Å². The number of ether oxygens (including phenoxy) is 2. The van der Waals surface area contributed by atoms with Crippen molar-refractivity contribution in [2.75, 3.05) is 18.1 Å². The normalized spacial score (nSPS) is 21.7. The van der Waals surface area contributed by atoms with Crippen LogP contribution in [0.25, 0.3) is 0 Å². The predicted molar refractivity (Wildman–Crippen MR) is 136 cm³/mol. The molecule has 2 heterocycles. The number of carboxylic acid groups (broad SMARTS) is 1. The van der Waals surface area contributed by atoms with Crippen molar-refractivity contribution in [2.45, 2.75) is 50.0 Å². The Hall–Kier alpha value is -3.80. The van der Waals surface area contributed by atoms with Crippen LogP contribution in [0.1, 0.15) is 77.0 Å². The number of carboxylic acids is 1. The number of carbonyl (C=O) groups excluding carboxylic acids is 1. The number of rotatable bonds is 4. The summed E-state index contributed by atoms with van der Waals surface area (Å²) in [5, 5.41) is 10.4. The second-order valence-corrected chi connectivity index (χ2v) is 9.85. The van der Waals surface area contributed by atoms with Crippen LogP contribution in [0, 0.1) is 0 Å². The standard InChI is InChI=1S/C30H29NO5/c32-29-24-9-5-4-8-23(24)27(30(33)34)28(21-12-15-25-26(18-21)36-17-16-35-25)31(29)22-13-10-20(11-14-22)19-6-2-1-3-7-19/h4-5,8-15,18-19,27-28H,1-3,6-7,16-17H2,(H,33,34)/t27-,28+/m0/s1. The maximum atomic E-state index is 13.9. The molecule has 2 atom stereocenters. The maximum Gasteiger partial charge on any atom is 0.313 e. The fraction of sp³-hybridized carbons (Fsp3) is 0.333. The zero-order chi connectivity index (χ0) is 24.6. The van der Waals surface area contributed by atoms with E-state index in [4.69, 9.17) is 9.47 Å². The molecule has 3 aliphatic rings. The summed E-state index contributed by atoms with van der Waals surface area (Å²) < 4.78 is 11.5. The average Bonchev–Trinajstić information content (AvgIpc) is 2.93. The Bertz CT molecular complexity index is 1290. The molecule has 0 bridgehead atoms. The molecule has 6 nitrogen and oxygen atoms in total. The minimum absolute atomic E-state index is 0.201. The first-order valence-corrected chi connectivity index (χ1v) is 12.8. The average molecular weight is 484 g/mol. The number of amides is 1. The molecule has 1 saturated carbocycles. The number of aliphatic carboxylic acids is 1. The van der Waals surface area contributed by atoms with Gasteiger partial charge in [-0.25, -0.2) is 0 Å². The summed E-state index contributed by atoms with van der Waals surface area (Å²) >= 11 is 0. The molecule has 0 saturated heterocycles. The number of fused-ring (bicyclic) bond motifs is 2. The van der Waals surface area contributed by atoms with Gasteiger partial charge in [0, 0.05) is 11.3 Å². The van der Waals surface area contributed by atoms with Crippen LogP contribution in [-0.4, -0.2) is 30.2 Å². The molecule has 1 fully saturated rings. The van der Waals surface area contributed by atoms with Crippen molar-refractivity contribution in [1.29, 1.82) is 0 Å². The molecule has 3 aromatic carbocycles. The van der Waals surface area contributed by atoms with Gasteiger partial charge in [0.05, 0.1) is 6.04 Å². The molecule has 0 spiro atoms. The molecule has 0 aromatic heterocycles. The monoisotopic (exact) mass is 483 g/mol. The van der Waals surface area contributed by atoms with Crippen LogP contribution < -0.4 is 14.4 Å². The van der Waals surface area contributed by atoms with Crippen LogP contribution in [-0.2, 0) is 4.79 Å². The highest BCUT2D eigenvalue weighted by Crippen LogP contribution is 2.47. The van der Waals surface area contributed by atoms with Gasteiger partial charge in [-0.05, 0) is 65.8 Å². The Morgan fingerprint density at radius 2 is 1.53 bits per heavy atom. The van der Waals surface area contributed by atoms with Gasteiger partial charge in [0.1, 0.15) is 19.1 Å². The molecule has 1 amide bonds. The summed E-state index contributed by atoms with van der Waals surface area (Å²) in [4.78, 5) is 28.3. The molecule has 184 valence electrons. The number of anilines is 1. The zero-order valence-corrected chi connectivity index (χ0v) is 20.1. The SMILES string of the molecule is O=C(O)[C@H]1c2ccccc2C(=O)N(c2ccc(C3CCCCC3)cc2)[C@@H]1c1ccc2c(c1)OCCO2. The Labute approximate surface area is 210 Å². The summed E-state index contributed by atoms with van der Waals surface area (Å²) in [7, 11) is 0. The molecule has 3 aromatic rings. The topological polar surface area (TPSA) is 76.1 Å². The van der Waals surface area contributed by atoms with E-state index in [0.29, 0.717) is 53.0 Å². The first-order chi connectivity index (χ1) is 17.6. The highest BCUT2D eigenvalue weighted by Gasteiger charge is 2.45. The number of hydrogen-bond donors (Lipinski definition) is 1. The van der Waals surface area contributed by atoms with Crippen LogP contribution in [0.3, 0.4) is 0 Å². The quantitative estimate of drug-likeness (QED) is 0.487. The van der Waals surface area contributed by atoms with Crippen molar-refractivity contribution in [3.05, 3.63) is 89.0 Å². The predicted octanol–water partition coefficient (Wildman–Crippen LogP) is 6.08. The lowest BCUT2D eigenvalue weighted by atomic mass is 9.79. The van der Waals surface area contributed by atoms with Gasteiger partial charge in [-0.1, -0.05) is 55.7 Å². The summed E-state index contributed by atoms with van der Waals surface area (Å²) in [5.41, 5.74) is 3.64. The molecule has 2 aliphatic heterocycles. The molecular weight excluding hydrogens is 454 g/mol. The van der Waals surface area contributed by atoms with Gasteiger partial charge in [0.25, 0.3) is 5.91 Å². The third-order valence-corrected chi connectivity index (χ3v) is 7.76. The van der Waals surface area contributed by atoms with Crippen LogP contribution in [0.2, 0.25) is 0 Å². The van der Waals surface area contributed by atoms with Crippen LogP contribution in [0.5, 0.6) is 11.5 Å². The van der Waals surface area contributed by atoms with Crippen LogP contribution >= 0.6 is 0 Å². The van der Waals surface area contributed by atoms with E-state index in [1.165, 1.54) is 37.7 Å². The van der Waals surface area contributed by atoms with E-state index in [2.05, 4.69) is 12.1 Å². The number of carbonyl (C=O) groups is 2. The number of benzene rings is 3. The third kappa shape index (κ3) is 3.91. The van der Waals surface area contributed by atoms with Gasteiger partial charge in [-0.3, -0.25) is 14.5 Å². The Kier molecular flexibility index (Phi) is 5.88. The van der Waals surface area contributed by atoms with Crippen molar-refractivity contribution in [2.24, 2.45) is 0 Å². The van der Waals surface area contributed by atoms with Crippen molar-refractivity contribution in [3.63, 3.8) is 0 Å². The Balaban J connectivity index is 1.47. The van der Waals surface area contributed by atoms with Gasteiger partial charge in [0.15, 0.2) is 11.5 Å². The van der Waals surface area contributed by atoms with E-state index in [9.17, 15) is 14.7 Å². The minimum Gasteiger partial charge on any atom is -0.486 e. The van der Waals surface area contributed by atoms with E-state index in [1.54, 1.807) is 35.2 Å². The summed E-state index contributed by atoms with van der Waals surface area (Å²) in [6.07, 6.45) is 6.18. The number of hydrogen-bond acceptors (Lipinski definition) is 4. The van der Waals surface area contributed by atoms with E-state index in [-0.39, 0.29) is 5.91 Å². The summed E-state index contributed by atoms with van der Waals surface area (Å²) in [5.74, 6) is -0.359. The second-order valence-electron chi connectivity index (χ2n) is 9.85. The zero-order valence-electron chi connectivity index (χ0n) is 20.1. The molecule has 6 heteroatoms. The van der Waals surface area contributed by atoms with Crippen LogP contribution in [0.15, 0.2) is 66.7 Å². The molecular formula is C30H29NO5. The Morgan fingerprint density at radius 3 is 2.28 bits per heavy atom. The molecule has 0 radical (unpaired) electrons. The van der Waals surface area contributed by atoms with Gasteiger partial charge in [-0.2, -0.15) is 0 Å². The third-order valence-electron chi connectivity index (χ3n) is 7.76.